The van der Waals surface area contributed by atoms with E-state index in [1.807, 2.05) is 24.3 Å². The van der Waals surface area contributed by atoms with E-state index in [1.165, 1.54) is 4.90 Å². The van der Waals surface area contributed by atoms with Crippen LogP contribution in [0.2, 0.25) is 0 Å². The number of thioether (sulfide) groups is 1. The normalized spacial score (nSPS) is 10.2. The molecule has 0 saturated carbocycles. The van der Waals surface area contributed by atoms with E-state index in [0.717, 1.165) is 16.6 Å². The van der Waals surface area contributed by atoms with Gasteiger partial charge in [0.05, 0.1) is 6.42 Å². The molecule has 1 aromatic carbocycles. The fraction of sp³-hybridized carbons (Fsp3) is 0.385. The van der Waals surface area contributed by atoms with Crippen molar-refractivity contribution in [2.75, 3.05) is 12.3 Å². The van der Waals surface area contributed by atoms with Crippen LogP contribution in [0.15, 0.2) is 33.6 Å². The zero-order valence-corrected chi connectivity index (χ0v) is 12.8. The number of carboxylic acids is 1. The summed E-state index contributed by atoms with van der Waals surface area (Å²) in [5.41, 5.74) is 0. The number of amides is 1. The third-order valence-electron chi connectivity index (χ3n) is 2.29. The first-order chi connectivity index (χ1) is 9.08. The summed E-state index contributed by atoms with van der Waals surface area (Å²) in [5.74, 6) is -0.114. The number of aliphatic carboxylic acids is 1. The second-order valence-electron chi connectivity index (χ2n) is 3.90. The molecule has 6 heteroatoms. The number of carboxylic acid groups (broad SMARTS) is 1. The lowest BCUT2D eigenvalue weighted by atomic mass is 10.3. The predicted molar refractivity (Wildman–Crippen MR) is 79.4 cm³/mol. The maximum absolute atomic E-state index is 11.4. The SMILES string of the molecule is O=C(O)CCNC(=O)CCCSc1ccc(Br)cc1. The van der Waals surface area contributed by atoms with Gasteiger partial charge in [-0.2, -0.15) is 0 Å². The molecule has 0 spiro atoms. The highest BCUT2D eigenvalue weighted by Crippen LogP contribution is 2.21. The quantitative estimate of drug-likeness (QED) is 0.561. The van der Waals surface area contributed by atoms with Gasteiger partial charge in [0.2, 0.25) is 5.91 Å². The monoisotopic (exact) mass is 345 g/mol. The molecule has 1 aromatic rings. The minimum Gasteiger partial charge on any atom is -0.481 e. The number of halogens is 1. The van der Waals surface area contributed by atoms with E-state index in [-0.39, 0.29) is 18.9 Å². The average Bonchev–Trinajstić information content (AvgIpc) is 2.36. The fourth-order valence-corrected chi connectivity index (χ4v) is 2.47. The largest absolute Gasteiger partial charge is 0.481 e. The van der Waals surface area contributed by atoms with Crippen LogP contribution in [-0.2, 0) is 9.59 Å². The van der Waals surface area contributed by atoms with Crippen LogP contribution >= 0.6 is 27.7 Å². The van der Waals surface area contributed by atoms with E-state index in [9.17, 15) is 9.59 Å². The molecular formula is C13H16BrNO3S. The number of carbonyl (C=O) groups is 2. The van der Waals surface area contributed by atoms with Gasteiger partial charge in [-0.3, -0.25) is 9.59 Å². The van der Waals surface area contributed by atoms with Gasteiger partial charge in [0.1, 0.15) is 0 Å². The standard InChI is InChI=1S/C13H16BrNO3S/c14-10-3-5-11(6-4-10)19-9-1-2-12(16)15-8-7-13(17)18/h3-6H,1-2,7-9H2,(H,15,16)(H,17,18). The molecule has 1 rings (SSSR count). The maximum atomic E-state index is 11.4. The molecule has 0 unspecified atom stereocenters. The minimum atomic E-state index is -0.897. The van der Waals surface area contributed by atoms with Crippen molar-refractivity contribution in [3.8, 4) is 0 Å². The Morgan fingerprint density at radius 1 is 1.21 bits per heavy atom. The van der Waals surface area contributed by atoms with Gasteiger partial charge in [-0.1, -0.05) is 15.9 Å². The van der Waals surface area contributed by atoms with Gasteiger partial charge in [0, 0.05) is 22.3 Å². The van der Waals surface area contributed by atoms with Crippen LogP contribution in [0.1, 0.15) is 19.3 Å². The summed E-state index contributed by atoms with van der Waals surface area (Å²) in [5, 5.41) is 11.0. The van der Waals surface area contributed by atoms with E-state index in [1.54, 1.807) is 11.8 Å². The highest BCUT2D eigenvalue weighted by Gasteiger charge is 2.03. The zero-order valence-electron chi connectivity index (χ0n) is 10.4. The Hall–Kier alpha value is -1.01. The fourth-order valence-electron chi connectivity index (χ4n) is 1.35. The van der Waals surface area contributed by atoms with Crippen molar-refractivity contribution in [3.05, 3.63) is 28.7 Å². The summed E-state index contributed by atoms with van der Waals surface area (Å²) in [7, 11) is 0. The molecule has 4 nitrogen and oxygen atoms in total. The van der Waals surface area contributed by atoms with Crippen molar-refractivity contribution in [1.82, 2.24) is 5.32 Å². The summed E-state index contributed by atoms with van der Waals surface area (Å²) < 4.78 is 1.05. The van der Waals surface area contributed by atoms with Crippen LogP contribution in [0.25, 0.3) is 0 Å². The molecule has 104 valence electrons. The lowest BCUT2D eigenvalue weighted by Gasteiger charge is -2.04. The zero-order chi connectivity index (χ0) is 14.1. The van der Waals surface area contributed by atoms with Crippen LogP contribution in [0.5, 0.6) is 0 Å². The number of nitrogens with one attached hydrogen (secondary N) is 1. The van der Waals surface area contributed by atoms with Crippen LogP contribution in [0.3, 0.4) is 0 Å². The third-order valence-corrected chi connectivity index (χ3v) is 3.92. The minimum absolute atomic E-state index is 0.0284. The maximum Gasteiger partial charge on any atom is 0.305 e. The molecule has 0 bridgehead atoms. The molecule has 1 amide bonds. The summed E-state index contributed by atoms with van der Waals surface area (Å²) in [6.45, 7) is 0.202. The lowest BCUT2D eigenvalue weighted by molar-refractivity contribution is -0.136. The van der Waals surface area contributed by atoms with E-state index in [2.05, 4.69) is 21.2 Å². The van der Waals surface area contributed by atoms with E-state index < -0.39 is 5.97 Å². The molecular weight excluding hydrogens is 330 g/mol. The Bertz CT molecular complexity index is 422. The van der Waals surface area contributed by atoms with Gasteiger partial charge < -0.3 is 10.4 Å². The second-order valence-corrected chi connectivity index (χ2v) is 5.98. The first kappa shape index (κ1) is 16.0. The molecule has 0 saturated heterocycles. The van der Waals surface area contributed by atoms with Crippen molar-refractivity contribution in [2.45, 2.75) is 24.2 Å². The average molecular weight is 346 g/mol. The van der Waals surface area contributed by atoms with Gasteiger partial charge in [-0.05, 0) is 36.4 Å². The number of carbonyl (C=O) groups excluding carboxylic acids is 1. The van der Waals surface area contributed by atoms with Gasteiger partial charge in [0.15, 0.2) is 0 Å². The molecule has 0 heterocycles. The van der Waals surface area contributed by atoms with E-state index >= 15 is 0 Å². The smallest absolute Gasteiger partial charge is 0.305 e. The Morgan fingerprint density at radius 3 is 2.53 bits per heavy atom. The van der Waals surface area contributed by atoms with Crippen LogP contribution in [-0.4, -0.2) is 29.3 Å². The summed E-state index contributed by atoms with van der Waals surface area (Å²) in [6.07, 6.45) is 1.18. The van der Waals surface area contributed by atoms with Crippen molar-refractivity contribution in [2.24, 2.45) is 0 Å². The number of hydrogen-bond donors (Lipinski definition) is 2. The predicted octanol–water partition coefficient (Wildman–Crippen LogP) is 2.91. The molecule has 0 aliphatic rings. The van der Waals surface area contributed by atoms with E-state index in [0.29, 0.717) is 6.42 Å². The summed E-state index contributed by atoms with van der Waals surface area (Å²) in [6, 6.07) is 8.03. The van der Waals surface area contributed by atoms with Crippen LogP contribution < -0.4 is 5.32 Å². The van der Waals surface area contributed by atoms with Crippen LogP contribution in [0.4, 0.5) is 0 Å². The van der Waals surface area contributed by atoms with Crippen LogP contribution in [0, 0.1) is 0 Å². The molecule has 0 atom stereocenters. The van der Waals surface area contributed by atoms with E-state index in [4.69, 9.17) is 5.11 Å². The third kappa shape index (κ3) is 7.89. The Kier molecular flexibility index (Phi) is 7.59. The van der Waals surface area contributed by atoms with Gasteiger partial charge in [-0.25, -0.2) is 0 Å². The topological polar surface area (TPSA) is 66.4 Å². The molecule has 0 aliphatic carbocycles. The molecule has 0 aliphatic heterocycles. The van der Waals surface area contributed by atoms with Gasteiger partial charge in [-0.15, -0.1) is 11.8 Å². The summed E-state index contributed by atoms with van der Waals surface area (Å²) in [4.78, 5) is 22.8. The number of rotatable bonds is 8. The van der Waals surface area contributed by atoms with Gasteiger partial charge >= 0.3 is 5.97 Å². The molecule has 19 heavy (non-hydrogen) atoms. The molecule has 0 fully saturated rings. The lowest BCUT2D eigenvalue weighted by Crippen LogP contribution is -2.25. The van der Waals surface area contributed by atoms with Crippen molar-refractivity contribution in [1.29, 1.82) is 0 Å². The Morgan fingerprint density at radius 2 is 1.89 bits per heavy atom. The highest BCUT2D eigenvalue weighted by atomic mass is 79.9. The first-order valence-corrected chi connectivity index (χ1v) is 7.72. The first-order valence-electron chi connectivity index (χ1n) is 5.95. The Balaban J connectivity index is 2.08. The van der Waals surface area contributed by atoms with Crippen molar-refractivity contribution >= 4 is 39.6 Å². The number of hydrogen-bond acceptors (Lipinski definition) is 3. The molecule has 2 N–H and O–H groups in total. The highest BCUT2D eigenvalue weighted by molar-refractivity contribution is 9.10. The molecule has 0 aromatic heterocycles. The second kappa shape index (κ2) is 8.98. The molecule has 0 radical (unpaired) electrons. The van der Waals surface area contributed by atoms with Gasteiger partial charge in [0.25, 0.3) is 0 Å². The van der Waals surface area contributed by atoms with Crippen molar-refractivity contribution in [3.63, 3.8) is 0 Å². The number of benzene rings is 1. The Labute approximate surface area is 125 Å². The summed E-state index contributed by atoms with van der Waals surface area (Å²) >= 11 is 5.08. The van der Waals surface area contributed by atoms with Crippen molar-refractivity contribution < 1.29 is 14.7 Å².